The number of aromatic nitrogens is 1. The maximum atomic E-state index is 10.5. The van der Waals surface area contributed by atoms with Crippen LogP contribution in [0.25, 0.3) is 10.8 Å². The van der Waals surface area contributed by atoms with Crippen LogP contribution in [0, 0.1) is 0 Å². The monoisotopic (exact) mass is 199 g/mol. The van der Waals surface area contributed by atoms with Crippen LogP contribution in [-0.4, -0.2) is 11.3 Å². The molecule has 2 heteroatoms. The van der Waals surface area contributed by atoms with Crippen LogP contribution in [0.5, 0.6) is 0 Å². The molecule has 0 aliphatic carbocycles. The highest BCUT2D eigenvalue weighted by Gasteiger charge is 2.08. The molecule has 0 saturated heterocycles. The zero-order valence-corrected chi connectivity index (χ0v) is 8.68. The van der Waals surface area contributed by atoms with Crippen molar-refractivity contribution in [2.45, 2.75) is 19.3 Å². The van der Waals surface area contributed by atoms with E-state index in [0.717, 1.165) is 11.7 Å². The number of carbonyl (C=O) groups excluding carboxylic acids is 1. The number of fused-ring (bicyclic) bond motifs is 1. The van der Waals surface area contributed by atoms with Crippen LogP contribution in [0.15, 0.2) is 36.7 Å². The molecule has 2 aromatic rings. The van der Waals surface area contributed by atoms with E-state index in [4.69, 9.17) is 0 Å². The van der Waals surface area contributed by atoms with Gasteiger partial charge in [0.05, 0.1) is 0 Å². The highest BCUT2D eigenvalue weighted by molar-refractivity contribution is 5.85. The fraction of sp³-hybridized carbons (Fsp3) is 0.231. The second-order valence-electron chi connectivity index (χ2n) is 3.75. The van der Waals surface area contributed by atoms with Gasteiger partial charge in [0, 0.05) is 24.2 Å². The lowest BCUT2D eigenvalue weighted by molar-refractivity contribution is -0.108. The molecule has 76 valence electrons. The summed E-state index contributed by atoms with van der Waals surface area (Å²) in [5.74, 6) is 0.272. The van der Waals surface area contributed by atoms with Crippen molar-refractivity contribution in [2.75, 3.05) is 0 Å². The third-order valence-electron chi connectivity index (χ3n) is 2.70. The number of hydrogen-bond donors (Lipinski definition) is 0. The van der Waals surface area contributed by atoms with Gasteiger partial charge in [-0.15, -0.1) is 0 Å². The van der Waals surface area contributed by atoms with Gasteiger partial charge in [0.1, 0.15) is 6.29 Å². The average molecular weight is 199 g/mol. The molecule has 0 amide bonds. The van der Waals surface area contributed by atoms with Crippen molar-refractivity contribution in [1.82, 2.24) is 4.98 Å². The van der Waals surface area contributed by atoms with Crippen molar-refractivity contribution in [2.24, 2.45) is 0 Å². The Balaban J connectivity index is 2.55. The Kier molecular flexibility index (Phi) is 2.77. The normalized spacial score (nSPS) is 12.6. The van der Waals surface area contributed by atoms with Crippen LogP contribution < -0.4 is 0 Å². The number of aldehydes is 1. The second kappa shape index (κ2) is 4.22. The molecule has 0 fully saturated rings. The molecule has 1 atom stereocenters. The summed E-state index contributed by atoms with van der Waals surface area (Å²) in [6.45, 7) is 2.07. The smallest absolute Gasteiger partial charge is 0.120 e. The van der Waals surface area contributed by atoms with Gasteiger partial charge in [-0.3, -0.25) is 4.98 Å². The van der Waals surface area contributed by atoms with Gasteiger partial charge in [-0.05, 0) is 22.9 Å². The Morgan fingerprint density at radius 3 is 3.07 bits per heavy atom. The molecule has 0 N–H and O–H groups in total. The predicted molar refractivity (Wildman–Crippen MR) is 60.8 cm³/mol. The molecule has 0 aliphatic rings. The predicted octanol–water partition coefficient (Wildman–Crippen LogP) is 2.93. The van der Waals surface area contributed by atoms with Crippen molar-refractivity contribution in [1.29, 1.82) is 0 Å². The van der Waals surface area contributed by atoms with Crippen LogP contribution in [0.2, 0.25) is 0 Å². The Hall–Kier alpha value is -1.70. The van der Waals surface area contributed by atoms with E-state index in [1.807, 2.05) is 24.4 Å². The maximum Gasteiger partial charge on any atom is 0.120 e. The highest BCUT2D eigenvalue weighted by Crippen LogP contribution is 2.26. The summed E-state index contributed by atoms with van der Waals surface area (Å²) in [4.78, 5) is 14.6. The standard InChI is InChI=1S/C13H13NO/c1-10(6-8-15)12-4-2-3-11-9-14-7-5-13(11)12/h2-5,7-10H,6H2,1H3. The highest BCUT2D eigenvalue weighted by atomic mass is 16.1. The van der Waals surface area contributed by atoms with Gasteiger partial charge in [-0.2, -0.15) is 0 Å². The molecular formula is C13H13NO. The van der Waals surface area contributed by atoms with Crippen LogP contribution >= 0.6 is 0 Å². The maximum absolute atomic E-state index is 10.5. The van der Waals surface area contributed by atoms with Gasteiger partial charge in [0.25, 0.3) is 0 Å². The molecule has 0 aliphatic heterocycles. The van der Waals surface area contributed by atoms with E-state index in [2.05, 4.69) is 18.0 Å². The van der Waals surface area contributed by atoms with E-state index >= 15 is 0 Å². The Labute approximate surface area is 89.0 Å². The van der Waals surface area contributed by atoms with Gasteiger partial charge in [0.2, 0.25) is 0 Å². The zero-order chi connectivity index (χ0) is 10.7. The summed E-state index contributed by atoms with van der Waals surface area (Å²) in [6.07, 6.45) is 5.19. The molecule has 0 radical (unpaired) electrons. The lowest BCUT2D eigenvalue weighted by Gasteiger charge is -2.11. The fourth-order valence-corrected chi connectivity index (χ4v) is 1.85. The van der Waals surface area contributed by atoms with Crippen molar-refractivity contribution in [3.8, 4) is 0 Å². The molecular weight excluding hydrogens is 186 g/mol. The number of carbonyl (C=O) groups is 1. The SMILES string of the molecule is CC(CC=O)c1cccc2cnccc12. The van der Waals surface area contributed by atoms with E-state index in [0.29, 0.717) is 6.42 Å². The van der Waals surface area contributed by atoms with Crippen molar-refractivity contribution < 1.29 is 4.79 Å². The molecule has 0 spiro atoms. The Bertz CT molecular complexity index is 473. The Morgan fingerprint density at radius 2 is 2.27 bits per heavy atom. The first-order valence-corrected chi connectivity index (χ1v) is 5.09. The van der Waals surface area contributed by atoms with Crippen molar-refractivity contribution in [3.63, 3.8) is 0 Å². The number of benzene rings is 1. The van der Waals surface area contributed by atoms with Crippen LogP contribution in [0.3, 0.4) is 0 Å². The topological polar surface area (TPSA) is 30.0 Å². The average Bonchev–Trinajstić information content (AvgIpc) is 2.28. The van der Waals surface area contributed by atoms with Gasteiger partial charge >= 0.3 is 0 Å². The summed E-state index contributed by atoms with van der Waals surface area (Å²) < 4.78 is 0. The van der Waals surface area contributed by atoms with Crippen LogP contribution in [0.1, 0.15) is 24.8 Å². The van der Waals surface area contributed by atoms with Crippen molar-refractivity contribution in [3.05, 3.63) is 42.2 Å². The molecule has 0 saturated carbocycles. The summed E-state index contributed by atoms with van der Waals surface area (Å²) in [5, 5.41) is 2.33. The molecule has 2 nitrogen and oxygen atoms in total. The lowest BCUT2D eigenvalue weighted by Crippen LogP contribution is -1.95. The zero-order valence-electron chi connectivity index (χ0n) is 8.68. The van der Waals surface area contributed by atoms with Gasteiger partial charge < -0.3 is 4.79 Å². The molecule has 1 aromatic carbocycles. The van der Waals surface area contributed by atoms with E-state index in [9.17, 15) is 4.79 Å². The first kappa shape index (κ1) is 9.84. The molecule has 1 unspecified atom stereocenters. The molecule has 1 aromatic heterocycles. The first-order chi connectivity index (χ1) is 7.33. The summed E-state index contributed by atoms with van der Waals surface area (Å²) in [5.41, 5.74) is 1.22. The molecule has 1 heterocycles. The largest absolute Gasteiger partial charge is 0.303 e. The van der Waals surface area contributed by atoms with Gasteiger partial charge in [-0.1, -0.05) is 25.1 Å². The fourth-order valence-electron chi connectivity index (χ4n) is 1.85. The summed E-state index contributed by atoms with van der Waals surface area (Å²) in [7, 11) is 0. The van der Waals surface area contributed by atoms with E-state index in [-0.39, 0.29) is 5.92 Å². The summed E-state index contributed by atoms with van der Waals surface area (Å²) >= 11 is 0. The number of nitrogens with zero attached hydrogens (tertiary/aromatic N) is 1. The molecule has 0 bridgehead atoms. The van der Waals surface area contributed by atoms with Crippen LogP contribution in [-0.2, 0) is 4.79 Å². The quantitative estimate of drug-likeness (QED) is 0.711. The summed E-state index contributed by atoms with van der Waals surface area (Å²) in [6, 6.07) is 8.14. The van der Waals surface area contributed by atoms with E-state index in [1.54, 1.807) is 6.20 Å². The third kappa shape index (κ3) is 1.89. The number of pyridine rings is 1. The van der Waals surface area contributed by atoms with Gasteiger partial charge in [-0.25, -0.2) is 0 Å². The number of rotatable bonds is 3. The molecule has 2 rings (SSSR count). The Morgan fingerprint density at radius 1 is 1.40 bits per heavy atom. The first-order valence-electron chi connectivity index (χ1n) is 5.09. The van der Waals surface area contributed by atoms with Crippen LogP contribution in [0.4, 0.5) is 0 Å². The van der Waals surface area contributed by atoms with Crippen molar-refractivity contribution >= 4 is 17.1 Å². The minimum absolute atomic E-state index is 0.272. The van der Waals surface area contributed by atoms with E-state index in [1.165, 1.54) is 10.9 Å². The minimum Gasteiger partial charge on any atom is -0.303 e. The third-order valence-corrected chi connectivity index (χ3v) is 2.70. The molecule has 15 heavy (non-hydrogen) atoms. The second-order valence-corrected chi connectivity index (χ2v) is 3.75. The minimum atomic E-state index is 0.272. The van der Waals surface area contributed by atoms with Gasteiger partial charge in [0.15, 0.2) is 0 Å². The van der Waals surface area contributed by atoms with E-state index < -0.39 is 0 Å². The lowest BCUT2D eigenvalue weighted by atomic mass is 9.94. The number of hydrogen-bond acceptors (Lipinski definition) is 2.